The Hall–Kier alpha value is -1.20. The van der Waals surface area contributed by atoms with E-state index >= 15 is 0 Å². The van der Waals surface area contributed by atoms with Gasteiger partial charge < -0.3 is 10.3 Å². The van der Waals surface area contributed by atoms with E-state index in [1.807, 2.05) is 0 Å². The maximum absolute atomic E-state index is 12.4. The summed E-state index contributed by atoms with van der Waals surface area (Å²) in [5.74, 6) is 1.51. The van der Waals surface area contributed by atoms with Gasteiger partial charge in [0.05, 0.1) is 11.9 Å². The number of hydrogen-bond acceptors (Lipinski definition) is 4. The van der Waals surface area contributed by atoms with Crippen molar-refractivity contribution in [3.63, 3.8) is 0 Å². The van der Waals surface area contributed by atoms with Gasteiger partial charge >= 0.3 is 0 Å². The van der Waals surface area contributed by atoms with Crippen LogP contribution in [0.15, 0.2) is 4.79 Å². The third-order valence-electron chi connectivity index (χ3n) is 4.35. The Labute approximate surface area is 121 Å². The Morgan fingerprint density at radius 1 is 1.40 bits per heavy atom. The van der Waals surface area contributed by atoms with Gasteiger partial charge in [0.2, 0.25) is 0 Å². The summed E-state index contributed by atoms with van der Waals surface area (Å²) in [4.78, 5) is 22.3. The maximum Gasteiger partial charge on any atom is 0.259 e. The lowest BCUT2D eigenvalue weighted by Gasteiger charge is -2.17. The third-order valence-corrected chi connectivity index (χ3v) is 5.50. The van der Waals surface area contributed by atoms with E-state index in [4.69, 9.17) is 0 Å². The molecule has 0 amide bonds. The Bertz CT molecular complexity index is 714. The number of H-pyrrole nitrogens is 1. The lowest BCUT2D eigenvalue weighted by molar-refractivity contribution is 0.509. The molecule has 2 aliphatic carbocycles. The minimum absolute atomic E-state index is 0.0506. The van der Waals surface area contributed by atoms with Crippen molar-refractivity contribution >= 4 is 21.6 Å². The van der Waals surface area contributed by atoms with Crippen LogP contribution in [-0.2, 0) is 19.4 Å². The van der Waals surface area contributed by atoms with Gasteiger partial charge in [-0.2, -0.15) is 0 Å². The summed E-state index contributed by atoms with van der Waals surface area (Å²) in [6, 6.07) is 0.633. The molecule has 2 N–H and O–H groups in total. The molecular formula is C15H19N3OS. The van der Waals surface area contributed by atoms with E-state index in [9.17, 15) is 4.79 Å². The van der Waals surface area contributed by atoms with Gasteiger partial charge in [-0.3, -0.25) is 4.79 Å². The molecule has 1 unspecified atom stereocenters. The molecule has 2 heterocycles. The summed E-state index contributed by atoms with van der Waals surface area (Å²) >= 11 is 1.72. The maximum atomic E-state index is 12.4. The van der Waals surface area contributed by atoms with Crippen LogP contribution >= 0.6 is 11.3 Å². The highest BCUT2D eigenvalue weighted by Gasteiger charge is 2.24. The highest BCUT2D eigenvalue weighted by atomic mass is 32.1. The fourth-order valence-electron chi connectivity index (χ4n) is 3.01. The number of hydrogen-bond donors (Lipinski definition) is 2. The smallest absolute Gasteiger partial charge is 0.259 e. The van der Waals surface area contributed by atoms with E-state index in [0.29, 0.717) is 12.6 Å². The Morgan fingerprint density at radius 2 is 2.25 bits per heavy atom. The molecule has 0 aromatic carbocycles. The lowest BCUT2D eigenvalue weighted by Crippen LogP contribution is -2.21. The van der Waals surface area contributed by atoms with Crippen LogP contribution in [0.3, 0.4) is 0 Å². The number of nitrogens with one attached hydrogen (secondary N) is 2. The van der Waals surface area contributed by atoms with E-state index in [1.54, 1.807) is 11.3 Å². The van der Waals surface area contributed by atoms with E-state index in [1.165, 1.54) is 29.7 Å². The number of thiophene rings is 1. The Kier molecular flexibility index (Phi) is 2.93. The average Bonchev–Trinajstić information content (AvgIpc) is 3.16. The van der Waals surface area contributed by atoms with Gasteiger partial charge in [0.1, 0.15) is 10.7 Å². The van der Waals surface area contributed by atoms with Gasteiger partial charge in [-0.15, -0.1) is 11.3 Å². The molecule has 1 saturated carbocycles. The van der Waals surface area contributed by atoms with Gasteiger partial charge in [0.25, 0.3) is 5.56 Å². The number of nitrogens with zero attached hydrogens (tertiary/aromatic N) is 1. The SMILES string of the molecule is CC1CCc2c(sc3nc(CNC4CC4)[nH]c(=O)c23)C1. The van der Waals surface area contributed by atoms with Gasteiger partial charge in [-0.1, -0.05) is 6.92 Å². The topological polar surface area (TPSA) is 57.8 Å². The Morgan fingerprint density at radius 3 is 3.05 bits per heavy atom. The van der Waals surface area contributed by atoms with Crippen LogP contribution in [0.1, 0.15) is 42.5 Å². The molecule has 5 heteroatoms. The van der Waals surface area contributed by atoms with Gasteiger partial charge in [0.15, 0.2) is 0 Å². The molecule has 2 aromatic rings. The van der Waals surface area contributed by atoms with Crippen molar-refractivity contribution in [1.82, 2.24) is 15.3 Å². The number of aryl methyl sites for hydroxylation is 1. The van der Waals surface area contributed by atoms with E-state index in [-0.39, 0.29) is 5.56 Å². The molecule has 0 radical (unpaired) electrons. The second kappa shape index (κ2) is 4.67. The van der Waals surface area contributed by atoms with Gasteiger partial charge in [-0.05, 0) is 43.6 Å². The highest BCUT2D eigenvalue weighted by Crippen LogP contribution is 2.35. The number of fused-ring (bicyclic) bond motifs is 3. The van der Waals surface area contributed by atoms with Crippen molar-refractivity contribution < 1.29 is 0 Å². The summed E-state index contributed by atoms with van der Waals surface area (Å²) in [6.45, 7) is 2.96. The Balaban J connectivity index is 1.74. The molecule has 2 aromatic heterocycles. The van der Waals surface area contributed by atoms with E-state index < -0.39 is 0 Å². The predicted molar refractivity (Wildman–Crippen MR) is 81.3 cm³/mol. The zero-order valence-electron chi connectivity index (χ0n) is 11.7. The molecule has 0 aliphatic heterocycles. The van der Waals surface area contributed by atoms with Gasteiger partial charge in [-0.25, -0.2) is 4.98 Å². The van der Waals surface area contributed by atoms with Crippen molar-refractivity contribution in [1.29, 1.82) is 0 Å². The minimum Gasteiger partial charge on any atom is -0.309 e. The molecule has 0 saturated heterocycles. The highest BCUT2D eigenvalue weighted by molar-refractivity contribution is 7.18. The number of rotatable bonds is 3. The molecule has 106 valence electrons. The zero-order chi connectivity index (χ0) is 13.7. The van der Waals surface area contributed by atoms with Crippen LogP contribution in [-0.4, -0.2) is 16.0 Å². The van der Waals surface area contributed by atoms with Crippen molar-refractivity contribution in [2.75, 3.05) is 0 Å². The molecule has 0 spiro atoms. The molecule has 2 aliphatic rings. The van der Waals surface area contributed by atoms with Crippen LogP contribution in [0.4, 0.5) is 0 Å². The second-order valence-electron chi connectivity index (χ2n) is 6.20. The fourth-order valence-corrected chi connectivity index (χ4v) is 4.41. The minimum atomic E-state index is 0.0506. The van der Waals surface area contributed by atoms with Crippen LogP contribution in [0.2, 0.25) is 0 Å². The fraction of sp³-hybridized carbons (Fsp3) is 0.600. The summed E-state index contributed by atoms with van der Waals surface area (Å²) in [7, 11) is 0. The average molecular weight is 289 g/mol. The summed E-state index contributed by atoms with van der Waals surface area (Å²) in [5, 5.41) is 4.26. The normalized spacial score (nSPS) is 22.1. The van der Waals surface area contributed by atoms with Crippen molar-refractivity contribution in [2.24, 2.45) is 5.92 Å². The van der Waals surface area contributed by atoms with Crippen LogP contribution < -0.4 is 10.9 Å². The van der Waals surface area contributed by atoms with E-state index in [0.717, 1.165) is 34.8 Å². The molecule has 4 nitrogen and oxygen atoms in total. The largest absolute Gasteiger partial charge is 0.309 e. The predicted octanol–water partition coefficient (Wildman–Crippen LogP) is 2.36. The first-order valence-corrected chi connectivity index (χ1v) is 8.29. The lowest BCUT2D eigenvalue weighted by atomic mass is 9.89. The quantitative estimate of drug-likeness (QED) is 0.912. The monoisotopic (exact) mass is 289 g/mol. The molecule has 0 bridgehead atoms. The van der Waals surface area contributed by atoms with Crippen LogP contribution in [0.25, 0.3) is 10.2 Å². The molecule has 1 fully saturated rings. The van der Waals surface area contributed by atoms with Crippen LogP contribution in [0, 0.1) is 5.92 Å². The molecular weight excluding hydrogens is 270 g/mol. The molecule has 20 heavy (non-hydrogen) atoms. The summed E-state index contributed by atoms with van der Waals surface area (Å²) < 4.78 is 0. The first kappa shape index (κ1) is 12.5. The molecule has 1 atom stereocenters. The zero-order valence-corrected chi connectivity index (χ0v) is 12.5. The van der Waals surface area contributed by atoms with Crippen molar-refractivity contribution in [3.8, 4) is 0 Å². The van der Waals surface area contributed by atoms with E-state index in [2.05, 4.69) is 22.2 Å². The second-order valence-corrected chi connectivity index (χ2v) is 7.28. The third kappa shape index (κ3) is 2.19. The number of aromatic nitrogens is 2. The standard InChI is InChI=1S/C15H19N3OS/c1-8-2-5-10-11(6-8)20-15-13(10)14(19)17-12(18-15)7-16-9-3-4-9/h8-9,16H,2-7H2,1H3,(H,17,18,19). The van der Waals surface area contributed by atoms with Crippen LogP contribution in [0.5, 0.6) is 0 Å². The first-order valence-electron chi connectivity index (χ1n) is 7.47. The summed E-state index contributed by atoms with van der Waals surface area (Å²) in [6.07, 6.45) is 5.81. The first-order chi connectivity index (χ1) is 9.70. The van der Waals surface area contributed by atoms with Crippen molar-refractivity contribution in [2.45, 2.75) is 51.6 Å². The molecule has 4 rings (SSSR count). The summed E-state index contributed by atoms with van der Waals surface area (Å²) in [5.41, 5.74) is 1.31. The van der Waals surface area contributed by atoms with Gasteiger partial charge in [0, 0.05) is 10.9 Å². The van der Waals surface area contributed by atoms with Crippen molar-refractivity contribution in [3.05, 3.63) is 26.6 Å². The number of aromatic amines is 1.